The number of guanidine groups is 1. The average Bonchev–Trinajstić information content (AvgIpc) is 3.38. The molecular weight excluding hydrogens is 499 g/mol. The Labute approximate surface area is 193 Å². The van der Waals surface area contributed by atoms with Gasteiger partial charge in [-0.25, -0.2) is 13.8 Å². The molecule has 0 amide bonds. The number of aliphatic imine (C=N–C) groups is 1. The normalized spacial score (nSPS) is 19.9. The molecule has 5 nitrogen and oxygen atoms in total. The number of benzene rings is 1. The Morgan fingerprint density at radius 2 is 2.10 bits per heavy atom. The SMILES string of the molecule is CCNC(=NCC1(c2cccc(F)c2)CC1)NC1CCN(c2ncccc2F)C1.I. The maximum Gasteiger partial charge on any atom is 0.191 e. The Bertz CT molecular complexity index is 887. The maximum atomic E-state index is 14.0. The van der Waals surface area contributed by atoms with Crippen molar-refractivity contribution in [2.24, 2.45) is 4.99 Å². The molecule has 0 radical (unpaired) electrons. The first-order valence-corrected chi connectivity index (χ1v) is 10.3. The molecule has 1 unspecified atom stereocenters. The second kappa shape index (κ2) is 9.89. The van der Waals surface area contributed by atoms with E-state index >= 15 is 0 Å². The summed E-state index contributed by atoms with van der Waals surface area (Å²) in [5, 5.41) is 6.77. The lowest BCUT2D eigenvalue weighted by atomic mass is 9.96. The fourth-order valence-corrected chi connectivity index (χ4v) is 3.93. The summed E-state index contributed by atoms with van der Waals surface area (Å²) in [4.78, 5) is 10.9. The van der Waals surface area contributed by atoms with Crippen LogP contribution in [0.5, 0.6) is 0 Å². The monoisotopic (exact) mass is 527 g/mol. The Morgan fingerprint density at radius 3 is 2.80 bits per heavy atom. The van der Waals surface area contributed by atoms with Crippen LogP contribution in [0.15, 0.2) is 47.6 Å². The molecule has 30 heavy (non-hydrogen) atoms. The molecule has 1 aliphatic heterocycles. The van der Waals surface area contributed by atoms with Crippen LogP contribution < -0.4 is 15.5 Å². The van der Waals surface area contributed by atoms with E-state index in [0.29, 0.717) is 18.9 Å². The summed E-state index contributed by atoms with van der Waals surface area (Å²) in [6.45, 7) is 4.83. The number of rotatable bonds is 6. The minimum Gasteiger partial charge on any atom is -0.357 e. The highest BCUT2D eigenvalue weighted by atomic mass is 127. The number of nitrogens with zero attached hydrogens (tertiary/aromatic N) is 3. The van der Waals surface area contributed by atoms with Crippen molar-refractivity contribution in [1.29, 1.82) is 0 Å². The summed E-state index contributed by atoms with van der Waals surface area (Å²) in [6.07, 6.45) is 4.55. The lowest BCUT2D eigenvalue weighted by molar-refractivity contribution is 0.610. The van der Waals surface area contributed by atoms with Gasteiger partial charge in [-0.3, -0.25) is 4.99 Å². The average molecular weight is 527 g/mol. The molecule has 4 rings (SSSR count). The van der Waals surface area contributed by atoms with E-state index in [4.69, 9.17) is 4.99 Å². The van der Waals surface area contributed by atoms with Crippen molar-refractivity contribution in [2.75, 3.05) is 31.1 Å². The topological polar surface area (TPSA) is 52.6 Å². The first-order chi connectivity index (χ1) is 14.1. The van der Waals surface area contributed by atoms with E-state index in [1.807, 2.05) is 17.9 Å². The largest absolute Gasteiger partial charge is 0.357 e. The van der Waals surface area contributed by atoms with E-state index in [1.165, 1.54) is 12.1 Å². The second-order valence-electron chi connectivity index (χ2n) is 7.87. The number of aromatic nitrogens is 1. The standard InChI is InChI=1S/C22H27F2N5.HI/c1-2-25-21(27-15-22(9-10-22)16-5-3-6-17(23)13-16)28-18-8-12-29(14-18)20-19(24)7-4-11-26-20;/h3-7,11,13,18H,2,8-10,12,14-15H2,1H3,(H2,25,27,28);1H. The van der Waals surface area contributed by atoms with Crippen molar-refractivity contribution < 1.29 is 8.78 Å². The van der Waals surface area contributed by atoms with Gasteiger partial charge >= 0.3 is 0 Å². The van der Waals surface area contributed by atoms with Crippen molar-refractivity contribution in [3.05, 3.63) is 59.8 Å². The van der Waals surface area contributed by atoms with Crippen LogP contribution in [0.1, 0.15) is 31.7 Å². The Morgan fingerprint density at radius 1 is 1.27 bits per heavy atom. The molecule has 1 saturated heterocycles. The Hall–Kier alpha value is -1.97. The molecule has 1 saturated carbocycles. The quantitative estimate of drug-likeness (QED) is 0.341. The lowest BCUT2D eigenvalue weighted by Crippen LogP contribution is -2.45. The summed E-state index contributed by atoms with van der Waals surface area (Å²) in [7, 11) is 0. The maximum absolute atomic E-state index is 14.0. The van der Waals surface area contributed by atoms with Crippen LogP contribution in [0.25, 0.3) is 0 Å². The number of hydrogen-bond donors (Lipinski definition) is 2. The van der Waals surface area contributed by atoms with Crippen LogP contribution in [-0.4, -0.2) is 43.2 Å². The lowest BCUT2D eigenvalue weighted by Gasteiger charge is -2.20. The third-order valence-electron chi connectivity index (χ3n) is 5.74. The highest BCUT2D eigenvalue weighted by Crippen LogP contribution is 2.48. The summed E-state index contributed by atoms with van der Waals surface area (Å²) >= 11 is 0. The van der Waals surface area contributed by atoms with Crippen LogP contribution in [0, 0.1) is 11.6 Å². The zero-order valence-corrected chi connectivity index (χ0v) is 19.4. The van der Waals surface area contributed by atoms with Gasteiger partial charge in [0.2, 0.25) is 0 Å². The van der Waals surface area contributed by atoms with Gasteiger partial charge in [0, 0.05) is 37.3 Å². The van der Waals surface area contributed by atoms with Gasteiger partial charge in [-0.05, 0) is 56.0 Å². The van der Waals surface area contributed by atoms with Gasteiger partial charge in [0.1, 0.15) is 5.82 Å². The zero-order chi connectivity index (χ0) is 20.3. The molecule has 8 heteroatoms. The van der Waals surface area contributed by atoms with E-state index in [9.17, 15) is 8.78 Å². The third kappa shape index (κ3) is 5.19. The fraction of sp³-hybridized carbons (Fsp3) is 0.455. The Balaban J connectivity index is 0.00000256. The predicted molar refractivity (Wildman–Crippen MR) is 127 cm³/mol. The van der Waals surface area contributed by atoms with Crippen molar-refractivity contribution in [3.63, 3.8) is 0 Å². The highest BCUT2D eigenvalue weighted by Gasteiger charge is 2.44. The van der Waals surface area contributed by atoms with Crippen LogP contribution in [-0.2, 0) is 5.41 Å². The summed E-state index contributed by atoms with van der Waals surface area (Å²) in [5.74, 6) is 0.667. The molecule has 2 N–H and O–H groups in total. The highest BCUT2D eigenvalue weighted by molar-refractivity contribution is 14.0. The van der Waals surface area contributed by atoms with Crippen molar-refractivity contribution in [3.8, 4) is 0 Å². The summed E-state index contributed by atoms with van der Waals surface area (Å²) in [6, 6.07) is 10.1. The molecule has 1 aromatic carbocycles. The Kier molecular flexibility index (Phi) is 7.49. The number of nitrogens with one attached hydrogen (secondary N) is 2. The van der Waals surface area contributed by atoms with Crippen molar-refractivity contribution in [2.45, 2.75) is 37.6 Å². The van der Waals surface area contributed by atoms with Crippen molar-refractivity contribution in [1.82, 2.24) is 15.6 Å². The molecular formula is C22H28F2IN5. The second-order valence-corrected chi connectivity index (χ2v) is 7.87. The van der Waals surface area contributed by atoms with Gasteiger partial charge in [0.05, 0.1) is 6.54 Å². The van der Waals surface area contributed by atoms with Crippen LogP contribution in [0.4, 0.5) is 14.6 Å². The van der Waals surface area contributed by atoms with Gasteiger partial charge in [-0.15, -0.1) is 24.0 Å². The first-order valence-electron chi connectivity index (χ1n) is 10.3. The van der Waals surface area contributed by atoms with E-state index in [2.05, 4.69) is 15.6 Å². The zero-order valence-electron chi connectivity index (χ0n) is 17.1. The molecule has 162 valence electrons. The number of pyridine rings is 1. The first kappa shape index (κ1) is 22.7. The van der Waals surface area contributed by atoms with Gasteiger partial charge in [0.15, 0.2) is 17.6 Å². The van der Waals surface area contributed by atoms with Gasteiger partial charge in [-0.1, -0.05) is 12.1 Å². The van der Waals surface area contributed by atoms with Crippen LogP contribution in [0.3, 0.4) is 0 Å². The van der Waals surface area contributed by atoms with Gasteiger partial charge < -0.3 is 15.5 Å². The van der Waals surface area contributed by atoms with E-state index in [0.717, 1.165) is 43.9 Å². The molecule has 1 aromatic heterocycles. The minimum absolute atomic E-state index is 0. The third-order valence-corrected chi connectivity index (χ3v) is 5.74. The molecule has 2 heterocycles. The molecule has 1 aliphatic carbocycles. The van der Waals surface area contributed by atoms with Crippen molar-refractivity contribution >= 4 is 35.8 Å². The predicted octanol–water partition coefficient (Wildman–Crippen LogP) is 3.84. The molecule has 2 aromatic rings. The molecule has 0 bridgehead atoms. The molecule has 2 fully saturated rings. The smallest absolute Gasteiger partial charge is 0.191 e. The van der Waals surface area contributed by atoms with E-state index in [1.54, 1.807) is 24.4 Å². The summed E-state index contributed by atoms with van der Waals surface area (Å²) < 4.78 is 27.6. The summed E-state index contributed by atoms with van der Waals surface area (Å²) in [5.41, 5.74) is 0.971. The van der Waals surface area contributed by atoms with Gasteiger partial charge in [-0.2, -0.15) is 0 Å². The molecule has 2 aliphatic rings. The molecule has 0 spiro atoms. The molecule has 1 atom stereocenters. The number of anilines is 1. The number of hydrogen-bond acceptors (Lipinski definition) is 3. The van der Waals surface area contributed by atoms with Crippen LogP contribution >= 0.6 is 24.0 Å². The fourth-order valence-electron chi connectivity index (χ4n) is 3.93. The number of halogens is 3. The van der Waals surface area contributed by atoms with E-state index in [-0.39, 0.29) is 47.1 Å². The van der Waals surface area contributed by atoms with Crippen LogP contribution in [0.2, 0.25) is 0 Å². The van der Waals surface area contributed by atoms with E-state index < -0.39 is 0 Å². The minimum atomic E-state index is -0.292. The van der Waals surface area contributed by atoms with Gasteiger partial charge in [0.25, 0.3) is 0 Å².